The summed E-state index contributed by atoms with van der Waals surface area (Å²) in [5, 5.41) is 2.45. The minimum absolute atomic E-state index is 0.00102. The Hall–Kier alpha value is -1.31. The predicted octanol–water partition coefficient (Wildman–Crippen LogP) is 2.37. The number of carbonyl (C=O) groups is 1. The summed E-state index contributed by atoms with van der Waals surface area (Å²) in [6.45, 7) is 0.954. The molecule has 1 N–H and O–H groups in total. The van der Waals surface area contributed by atoms with E-state index in [1.165, 1.54) is 18.0 Å². The zero-order chi connectivity index (χ0) is 13.1. The van der Waals surface area contributed by atoms with Crippen molar-refractivity contribution >= 4 is 23.9 Å². The van der Waals surface area contributed by atoms with E-state index in [0.29, 0.717) is 11.4 Å². The van der Waals surface area contributed by atoms with Crippen LogP contribution < -0.4 is 5.32 Å². The molecule has 0 amide bonds. The molecule has 0 bridgehead atoms. The van der Waals surface area contributed by atoms with Crippen LogP contribution in [0.25, 0.3) is 0 Å². The molecular formula is C9H10F3N3OS. The summed E-state index contributed by atoms with van der Waals surface area (Å²) in [6, 6.07) is -1.79. The van der Waals surface area contributed by atoms with Crippen LogP contribution >= 0.6 is 11.8 Å². The number of hydrogen-bond donors (Lipinski definition) is 1. The topological polar surface area (TPSA) is 54.9 Å². The molecule has 17 heavy (non-hydrogen) atoms. The fraction of sp³-hybridized carbons (Fsp3) is 0.444. The molecule has 0 aliphatic heterocycles. The first-order valence-corrected chi connectivity index (χ1v) is 5.80. The first kappa shape index (κ1) is 13.8. The summed E-state index contributed by atoms with van der Waals surface area (Å²) in [7, 11) is 0. The molecule has 0 aliphatic carbocycles. The molecule has 0 spiro atoms. The van der Waals surface area contributed by atoms with Crippen molar-refractivity contribution in [2.75, 3.05) is 11.6 Å². The highest BCUT2D eigenvalue weighted by Crippen LogP contribution is 2.24. The number of aldehydes is 1. The Morgan fingerprint density at radius 2 is 2.18 bits per heavy atom. The largest absolute Gasteiger partial charge is 0.408 e. The standard InChI is InChI=1S/C9H10F3N3OS/c1-5(9(10,11)12)14-7-6(4-16)3-13-8(15-7)17-2/h3-5H,1-2H3,(H,13,14,15)/t5-/m0/s1. The zero-order valence-electron chi connectivity index (χ0n) is 9.08. The van der Waals surface area contributed by atoms with Crippen LogP contribution in [0.4, 0.5) is 19.0 Å². The van der Waals surface area contributed by atoms with E-state index in [-0.39, 0.29) is 11.4 Å². The Morgan fingerprint density at radius 1 is 1.53 bits per heavy atom. The molecule has 0 aromatic carbocycles. The van der Waals surface area contributed by atoms with Gasteiger partial charge in [0.25, 0.3) is 0 Å². The normalized spacial score (nSPS) is 13.2. The number of rotatable bonds is 4. The van der Waals surface area contributed by atoms with Crippen molar-refractivity contribution < 1.29 is 18.0 Å². The molecule has 94 valence electrons. The van der Waals surface area contributed by atoms with E-state index in [0.717, 1.165) is 6.92 Å². The number of thioether (sulfide) groups is 1. The van der Waals surface area contributed by atoms with Gasteiger partial charge in [0.05, 0.1) is 5.56 Å². The Balaban J connectivity index is 2.99. The van der Waals surface area contributed by atoms with Crippen LogP contribution in [0, 0.1) is 0 Å². The van der Waals surface area contributed by atoms with Gasteiger partial charge in [-0.3, -0.25) is 4.79 Å². The summed E-state index contributed by atoms with van der Waals surface area (Å²) >= 11 is 1.18. The van der Waals surface area contributed by atoms with E-state index in [1.807, 2.05) is 0 Å². The van der Waals surface area contributed by atoms with Gasteiger partial charge in [0, 0.05) is 6.20 Å². The number of carbonyl (C=O) groups excluding carboxylic acids is 1. The molecule has 0 saturated heterocycles. The zero-order valence-corrected chi connectivity index (χ0v) is 9.89. The fourth-order valence-corrected chi connectivity index (χ4v) is 1.30. The van der Waals surface area contributed by atoms with E-state index in [4.69, 9.17) is 0 Å². The molecule has 0 saturated carbocycles. The molecule has 8 heteroatoms. The highest BCUT2D eigenvalue weighted by atomic mass is 32.2. The second-order valence-electron chi connectivity index (χ2n) is 3.19. The number of hydrogen-bond acceptors (Lipinski definition) is 5. The molecule has 1 atom stereocenters. The lowest BCUT2D eigenvalue weighted by molar-refractivity contribution is -0.138. The highest BCUT2D eigenvalue weighted by Gasteiger charge is 2.36. The van der Waals surface area contributed by atoms with Crippen molar-refractivity contribution in [1.82, 2.24) is 9.97 Å². The van der Waals surface area contributed by atoms with Crippen LogP contribution in [-0.2, 0) is 0 Å². The van der Waals surface area contributed by atoms with E-state index in [1.54, 1.807) is 6.26 Å². The van der Waals surface area contributed by atoms with Crippen LogP contribution in [0.1, 0.15) is 17.3 Å². The van der Waals surface area contributed by atoms with Crippen LogP contribution in [0.15, 0.2) is 11.4 Å². The average molecular weight is 265 g/mol. The fourth-order valence-electron chi connectivity index (χ4n) is 0.962. The van der Waals surface area contributed by atoms with Crippen molar-refractivity contribution in [3.63, 3.8) is 0 Å². The van der Waals surface area contributed by atoms with Crippen molar-refractivity contribution in [3.8, 4) is 0 Å². The lowest BCUT2D eigenvalue weighted by Crippen LogP contribution is -2.33. The van der Waals surface area contributed by atoms with Gasteiger partial charge in [0.1, 0.15) is 11.9 Å². The molecule has 0 aliphatic rings. The number of alkyl halides is 3. The Bertz CT molecular complexity index is 411. The highest BCUT2D eigenvalue weighted by molar-refractivity contribution is 7.98. The van der Waals surface area contributed by atoms with Crippen LogP contribution in [0.5, 0.6) is 0 Å². The maximum atomic E-state index is 12.4. The van der Waals surface area contributed by atoms with Gasteiger partial charge in [-0.15, -0.1) is 0 Å². The second-order valence-corrected chi connectivity index (χ2v) is 3.96. The number of nitrogens with zero attached hydrogens (tertiary/aromatic N) is 2. The maximum Gasteiger partial charge on any atom is 0.408 e. The van der Waals surface area contributed by atoms with Gasteiger partial charge in [-0.05, 0) is 13.2 Å². The van der Waals surface area contributed by atoms with Gasteiger partial charge in [0.2, 0.25) is 0 Å². The van der Waals surface area contributed by atoms with Crippen LogP contribution in [0.2, 0.25) is 0 Å². The number of halogens is 3. The molecule has 4 nitrogen and oxygen atoms in total. The quantitative estimate of drug-likeness (QED) is 0.514. The lowest BCUT2D eigenvalue weighted by Gasteiger charge is -2.18. The molecule has 0 radical (unpaired) electrons. The Kier molecular flexibility index (Phi) is 4.33. The SMILES string of the molecule is CSc1ncc(C=O)c(N[C@@H](C)C(F)(F)F)n1. The summed E-state index contributed by atoms with van der Waals surface area (Å²) in [5.74, 6) is -0.107. The minimum atomic E-state index is -4.40. The monoisotopic (exact) mass is 265 g/mol. The van der Waals surface area contributed by atoms with E-state index in [2.05, 4.69) is 15.3 Å². The van der Waals surface area contributed by atoms with Crippen molar-refractivity contribution in [2.24, 2.45) is 0 Å². The van der Waals surface area contributed by atoms with E-state index in [9.17, 15) is 18.0 Å². The third kappa shape index (κ3) is 3.58. The van der Waals surface area contributed by atoms with Gasteiger partial charge in [-0.2, -0.15) is 13.2 Å². The maximum absolute atomic E-state index is 12.4. The summed E-state index contributed by atoms with van der Waals surface area (Å²) < 4.78 is 37.1. The smallest absolute Gasteiger partial charge is 0.358 e. The van der Waals surface area contributed by atoms with Gasteiger partial charge >= 0.3 is 6.18 Å². The predicted molar refractivity (Wildman–Crippen MR) is 58.3 cm³/mol. The second kappa shape index (κ2) is 5.35. The Morgan fingerprint density at radius 3 is 2.65 bits per heavy atom. The number of anilines is 1. The van der Waals surface area contributed by atoms with Gasteiger partial charge in [0.15, 0.2) is 11.4 Å². The number of nitrogens with one attached hydrogen (secondary N) is 1. The van der Waals surface area contributed by atoms with E-state index < -0.39 is 12.2 Å². The molecule has 0 fully saturated rings. The van der Waals surface area contributed by atoms with E-state index >= 15 is 0 Å². The van der Waals surface area contributed by atoms with Crippen molar-refractivity contribution in [3.05, 3.63) is 11.8 Å². The summed E-state index contributed by atoms with van der Waals surface area (Å²) in [4.78, 5) is 18.3. The van der Waals surface area contributed by atoms with Crippen molar-refractivity contribution in [1.29, 1.82) is 0 Å². The number of aromatic nitrogens is 2. The third-order valence-electron chi connectivity index (χ3n) is 1.95. The molecule has 1 heterocycles. The Labute approximate surface area is 100 Å². The molecule has 1 aromatic heterocycles. The molecule has 1 aromatic rings. The first-order chi connectivity index (χ1) is 7.88. The van der Waals surface area contributed by atoms with Crippen molar-refractivity contribution in [2.45, 2.75) is 24.3 Å². The summed E-state index contributed by atoms with van der Waals surface area (Å²) in [6.07, 6.45) is -1.11. The summed E-state index contributed by atoms with van der Waals surface area (Å²) in [5.41, 5.74) is -0.00102. The third-order valence-corrected chi connectivity index (χ3v) is 2.51. The molecular weight excluding hydrogens is 255 g/mol. The van der Waals surface area contributed by atoms with Gasteiger partial charge in [-0.25, -0.2) is 9.97 Å². The van der Waals surface area contributed by atoms with Gasteiger partial charge in [-0.1, -0.05) is 11.8 Å². The van der Waals surface area contributed by atoms with Crippen LogP contribution in [0.3, 0.4) is 0 Å². The molecule has 0 unspecified atom stereocenters. The van der Waals surface area contributed by atoms with Gasteiger partial charge < -0.3 is 5.32 Å². The molecule has 1 rings (SSSR count). The van der Waals surface area contributed by atoms with Crippen LogP contribution in [-0.4, -0.2) is 34.7 Å². The minimum Gasteiger partial charge on any atom is -0.358 e. The first-order valence-electron chi connectivity index (χ1n) is 4.58. The average Bonchev–Trinajstić information content (AvgIpc) is 2.27. The lowest BCUT2D eigenvalue weighted by atomic mass is 10.3.